The average Bonchev–Trinajstić information content (AvgIpc) is 2.56. The molecule has 0 heterocycles. The number of para-hydroxylation sites is 2. The van der Waals surface area contributed by atoms with E-state index in [4.69, 9.17) is 13.8 Å². The first-order valence-electron chi connectivity index (χ1n) is 7.31. The van der Waals surface area contributed by atoms with Crippen LogP contribution < -0.4 is 9.05 Å². The normalized spacial score (nSPS) is 12.3. The van der Waals surface area contributed by atoms with Gasteiger partial charge in [-0.3, -0.25) is 4.79 Å². The Morgan fingerprint density at radius 3 is 1.78 bits per heavy atom. The highest BCUT2D eigenvalue weighted by Gasteiger charge is 2.42. The molecule has 0 aliphatic rings. The lowest BCUT2D eigenvalue weighted by molar-refractivity contribution is -0.142. The van der Waals surface area contributed by atoms with Crippen molar-refractivity contribution in [2.45, 2.75) is 19.5 Å². The summed E-state index contributed by atoms with van der Waals surface area (Å²) in [6, 6.07) is 17.2. The molecule has 1 atom stereocenters. The van der Waals surface area contributed by atoms with E-state index in [0.29, 0.717) is 11.5 Å². The Kier molecular flexibility index (Phi) is 5.83. The second kappa shape index (κ2) is 7.84. The summed E-state index contributed by atoms with van der Waals surface area (Å²) in [7, 11) is -3.81. The van der Waals surface area contributed by atoms with E-state index in [-0.39, 0.29) is 6.61 Å². The number of rotatable bonds is 7. The largest absolute Gasteiger partial charge is 0.465 e. The van der Waals surface area contributed by atoms with E-state index in [9.17, 15) is 9.36 Å². The van der Waals surface area contributed by atoms with Crippen molar-refractivity contribution in [3.8, 4) is 11.5 Å². The molecule has 0 radical (unpaired) electrons. The second-order valence-electron chi connectivity index (χ2n) is 4.78. The highest BCUT2D eigenvalue weighted by atomic mass is 31.2. The molecular weight excluding hydrogens is 315 g/mol. The van der Waals surface area contributed by atoms with Gasteiger partial charge in [0, 0.05) is 0 Å². The molecule has 23 heavy (non-hydrogen) atoms. The fraction of sp³-hybridized carbons (Fsp3) is 0.235. The third-order valence-corrected chi connectivity index (χ3v) is 5.14. The van der Waals surface area contributed by atoms with Crippen LogP contribution in [0.15, 0.2) is 60.7 Å². The minimum atomic E-state index is -3.81. The SMILES string of the molecule is CCOC(=O)C(C)P(=O)(Oc1ccccc1)Oc1ccccc1. The van der Waals surface area contributed by atoms with Gasteiger partial charge in [0.2, 0.25) is 0 Å². The minimum Gasteiger partial charge on any atom is -0.465 e. The number of benzene rings is 2. The van der Waals surface area contributed by atoms with Gasteiger partial charge in [0.25, 0.3) is 0 Å². The summed E-state index contributed by atoms with van der Waals surface area (Å²) in [5, 5.41) is 0. The van der Waals surface area contributed by atoms with Gasteiger partial charge in [0.1, 0.15) is 11.5 Å². The number of esters is 1. The minimum absolute atomic E-state index is 0.194. The summed E-state index contributed by atoms with van der Waals surface area (Å²) in [4.78, 5) is 12.0. The molecule has 6 heteroatoms. The van der Waals surface area contributed by atoms with Crippen LogP contribution in [0.3, 0.4) is 0 Å². The molecule has 2 aromatic rings. The summed E-state index contributed by atoms with van der Waals surface area (Å²) >= 11 is 0. The number of carbonyl (C=O) groups excluding carboxylic acids is 1. The van der Waals surface area contributed by atoms with Crippen LogP contribution in [0.25, 0.3) is 0 Å². The molecule has 122 valence electrons. The number of carbonyl (C=O) groups is 1. The van der Waals surface area contributed by atoms with Crippen molar-refractivity contribution in [1.82, 2.24) is 0 Å². The molecule has 0 saturated carbocycles. The fourth-order valence-corrected chi connectivity index (χ4v) is 3.34. The zero-order chi connectivity index (χ0) is 16.7. The van der Waals surface area contributed by atoms with Crippen LogP contribution in [0, 0.1) is 0 Å². The van der Waals surface area contributed by atoms with Crippen molar-refractivity contribution in [3.05, 3.63) is 60.7 Å². The Morgan fingerprint density at radius 2 is 1.39 bits per heavy atom. The third-order valence-electron chi connectivity index (χ3n) is 3.05. The van der Waals surface area contributed by atoms with Crippen molar-refractivity contribution in [2.24, 2.45) is 0 Å². The van der Waals surface area contributed by atoms with Crippen molar-refractivity contribution in [1.29, 1.82) is 0 Å². The van der Waals surface area contributed by atoms with Crippen molar-refractivity contribution in [2.75, 3.05) is 6.61 Å². The predicted molar refractivity (Wildman–Crippen MR) is 87.8 cm³/mol. The Bertz CT molecular complexity index is 626. The van der Waals surface area contributed by atoms with E-state index in [1.807, 2.05) is 12.1 Å². The first kappa shape index (κ1) is 17.1. The van der Waals surface area contributed by atoms with Gasteiger partial charge in [0.15, 0.2) is 5.66 Å². The van der Waals surface area contributed by atoms with E-state index >= 15 is 0 Å². The molecule has 0 bridgehead atoms. The van der Waals surface area contributed by atoms with E-state index in [0.717, 1.165) is 0 Å². The Balaban J connectivity index is 2.29. The number of hydrogen-bond donors (Lipinski definition) is 0. The summed E-state index contributed by atoms with van der Waals surface area (Å²) in [6.45, 7) is 3.36. The molecule has 0 aromatic heterocycles. The molecule has 0 amide bonds. The molecule has 0 spiro atoms. The van der Waals surface area contributed by atoms with Crippen molar-refractivity contribution in [3.63, 3.8) is 0 Å². The van der Waals surface area contributed by atoms with Gasteiger partial charge in [-0.2, -0.15) is 0 Å². The molecule has 5 nitrogen and oxygen atoms in total. The highest BCUT2D eigenvalue weighted by molar-refractivity contribution is 7.56. The highest BCUT2D eigenvalue weighted by Crippen LogP contribution is 2.53. The van der Waals surface area contributed by atoms with E-state index in [1.165, 1.54) is 6.92 Å². The van der Waals surface area contributed by atoms with Gasteiger partial charge in [-0.05, 0) is 38.1 Å². The molecule has 0 aliphatic heterocycles. The molecular formula is C17H19O5P. The molecule has 0 fully saturated rings. The molecule has 2 aromatic carbocycles. The zero-order valence-electron chi connectivity index (χ0n) is 13.0. The molecule has 1 unspecified atom stereocenters. The maximum Gasteiger partial charge on any atom is 0.444 e. The lowest BCUT2D eigenvalue weighted by Gasteiger charge is -2.24. The van der Waals surface area contributed by atoms with Crippen LogP contribution in [-0.4, -0.2) is 18.2 Å². The van der Waals surface area contributed by atoms with Crippen LogP contribution >= 0.6 is 7.60 Å². The monoisotopic (exact) mass is 334 g/mol. The van der Waals surface area contributed by atoms with Crippen LogP contribution in [0.5, 0.6) is 11.5 Å². The fourth-order valence-electron chi connectivity index (χ4n) is 1.83. The van der Waals surface area contributed by atoms with Gasteiger partial charge in [-0.1, -0.05) is 36.4 Å². The van der Waals surface area contributed by atoms with E-state index in [1.54, 1.807) is 55.5 Å². The van der Waals surface area contributed by atoms with Gasteiger partial charge in [0.05, 0.1) is 6.61 Å². The van der Waals surface area contributed by atoms with Crippen LogP contribution in [0.1, 0.15) is 13.8 Å². The van der Waals surface area contributed by atoms with Gasteiger partial charge < -0.3 is 13.8 Å². The average molecular weight is 334 g/mol. The predicted octanol–water partition coefficient (Wildman–Crippen LogP) is 4.29. The second-order valence-corrected chi connectivity index (χ2v) is 7.00. The Hall–Kier alpha value is -2.26. The number of ether oxygens (including phenoxy) is 1. The number of hydrogen-bond acceptors (Lipinski definition) is 5. The maximum atomic E-state index is 13.2. The van der Waals surface area contributed by atoms with Crippen molar-refractivity contribution >= 4 is 13.6 Å². The van der Waals surface area contributed by atoms with Crippen LogP contribution in [-0.2, 0) is 14.1 Å². The Labute approximate surface area is 135 Å². The maximum absolute atomic E-state index is 13.2. The summed E-state index contributed by atoms with van der Waals surface area (Å²) in [5.74, 6) is 0.105. The van der Waals surface area contributed by atoms with E-state index in [2.05, 4.69) is 0 Å². The lowest BCUT2D eigenvalue weighted by atomic mass is 10.3. The topological polar surface area (TPSA) is 61.8 Å². The van der Waals surface area contributed by atoms with Gasteiger partial charge >= 0.3 is 13.6 Å². The molecule has 0 aliphatic carbocycles. The lowest BCUT2D eigenvalue weighted by Crippen LogP contribution is -2.25. The summed E-state index contributed by atoms with van der Waals surface area (Å²) < 4.78 is 29.3. The van der Waals surface area contributed by atoms with Crippen molar-refractivity contribution < 1.29 is 23.1 Å². The first-order valence-corrected chi connectivity index (χ1v) is 8.92. The summed E-state index contributed by atoms with van der Waals surface area (Å²) in [5.41, 5.74) is -1.05. The van der Waals surface area contributed by atoms with Crippen LogP contribution in [0.4, 0.5) is 0 Å². The standard InChI is InChI=1S/C17H19O5P/c1-3-20-17(18)14(2)23(19,21-15-10-6-4-7-11-15)22-16-12-8-5-9-13-16/h4-14H,3H2,1-2H3. The smallest absolute Gasteiger partial charge is 0.444 e. The third kappa shape index (κ3) is 4.60. The van der Waals surface area contributed by atoms with Gasteiger partial charge in [-0.25, -0.2) is 4.57 Å². The van der Waals surface area contributed by atoms with Crippen LogP contribution in [0.2, 0.25) is 0 Å². The van der Waals surface area contributed by atoms with Gasteiger partial charge in [-0.15, -0.1) is 0 Å². The summed E-state index contributed by atoms with van der Waals surface area (Å²) in [6.07, 6.45) is 0. The Morgan fingerprint density at radius 1 is 0.957 bits per heavy atom. The first-order chi connectivity index (χ1) is 11.0. The quantitative estimate of drug-likeness (QED) is 0.558. The molecule has 0 saturated heterocycles. The zero-order valence-corrected chi connectivity index (χ0v) is 13.9. The molecule has 2 rings (SSSR count). The van der Waals surface area contributed by atoms with E-state index < -0.39 is 19.2 Å². The molecule has 0 N–H and O–H groups in total.